The standard InChI is InChI=1S/C11H14F3NO3S/c1-3-6-18-7-4-10(2,9-15)19(16,17)8-5-11(12,13)14/h1H,4-8H2,2H3. The maximum atomic E-state index is 12.0. The molecule has 0 rings (SSSR count). The van der Waals surface area contributed by atoms with Gasteiger partial charge >= 0.3 is 6.18 Å². The van der Waals surface area contributed by atoms with Crippen LogP contribution < -0.4 is 0 Å². The third-order valence-electron chi connectivity index (χ3n) is 2.49. The van der Waals surface area contributed by atoms with E-state index in [-0.39, 0.29) is 19.6 Å². The van der Waals surface area contributed by atoms with E-state index in [1.807, 2.05) is 0 Å². The second kappa shape index (κ2) is 6.78. The summed E-state index contributed by atoms with van der Waals surface area (Å²) in [6.45, 7) is 0.918. The van der Waals surface area contributed by atoms with E-state index in [1.54, 1.807) is 6.07 Å². The van der Waals surface area contributed by atoms with Gasteiger partial charge in [0.2, 0.25) is 0 Å². The Morgan fingerprint density at radius 1 is 1.32 bits per heavy atom. The van der Waals surface area contributed by atoms with E-state index >= 15 is 0 Å². The molecule has 0 aromatic heterocycles. The molecule has 1 unspecified atom stereocenters. The zero-order valence-electron chi connectivity index (χ0n) is 10.3. The number of rotatable bonds is 7. The smallest absolute Gasteiger partial charge is 0.369 e. The quantitative estimate of drug-likeness (QED) is 0.529. The summed E-state index contributed by atoms with van der Waals surface area (Å²) in [5, 5.41) is 8.90. The van der Waals surface area contributed by atoms with Gasteiger partial charge in [-0.1, -0.05) is 5.92 Å². The largest absolute Gasteiger partial charge is 0.390 e. The highest BCUT2D eigenvalue weighted by Crippen LogP contribution is 2.27. The fourth-order valence-corrected chi connectivity index (χ4v) is 2.64. The Labute approximate surface area is 110 Å². The molecular formula is C11H14F3NO3S. The number of hydrogen-bond acceptors (Lipinski definition) is 4. The van der Waals surface area contributed by atoms with Crippen LogP contribution in [0.5, 0.6) is 0 Å². The molecule has 4 nitrogen and oxygen atoms in total. The predicted molar refractivity (Wildman–Crippen MR) is 62.7 cm³/mol. The van der Waals surface area contributed by atoms with Crippen LogP contribution in [0.25, 0.3) is 0 Å². The summed E-state index contributed by atoms with van der Waals surface area (Å²) in [6, 6.07) is 1.54. The van der Waals surface area contributed by atoms with E-state index in [0.717, 1.165) is 6.92 Å². The van der Waals surface area contributed by atoms with Crippen LogP contribution in [0, 0.1) is 23.7 Å². The third kappa shape index (κ3) is 5.95. The highest BCUT2D eigenvalue weighted by molar-refractivity contribution is 7.93. The molecule has 0 fully saturated rings. The molecule has 0 aliphatic heterocycles. The van der Waals surface area contributed by atoms with Gasteiger partial charge in [-0.3, -0.25) is 0 Å². The fraction of sp³-hybridized carbons (Fsp3) is 0.727. The van der Waals surface area contributed by atoms with E-state index in [4.69, 9.17) is 16.4 Å². The molecule has 0 bridgehead atoms. The van der Waals surface area contributed by atoms with Crippen molar-refractivity contribution in [1.82, 2.24) is 0 Å². The first-order valence-electron chi connectivity index (χ1n) is 5.29. The third-order valence-corrected chi connectivity index (χ3v) is 4.90. The summed E-state index contributed by atoms with van der Waals surface area (Å²) in [5.41, 5.74) is 0. The van der Waals surface area contributed by atoms with E-state index in [1.165, 1.54) is 0 Å². The van der Waals surface area contributed by atoms with Crippen LogP contribution in [-0.4, -0.2) is 38.3 Å². The summed E-state index contributed by atoms with van der Waals surface area (Å²) < 4.78 is 62.6. The minimum absolute atomic E-state index is 0.0515. The van der Waals surface area contributed by atoms with E-state index in [2.05, 4.69) is 5.92 Å². The first-order chi connectivity index (χ1) is 8.58. The summed E-state index contributed by atoms with van der Waals surface area (Å²) in [6.07, 6.45) is -1.38. The lowest BCUT2D eigenvalue weighted by Crippen LogP contribution is -2.38. The van der Waals surface area contributed by atoms with Crippen molar-refractivity contribution < 1.29 is 26.3 Å². The Balaban J connectivity index is 4.73. The van der Waals surface area contributed by atoms with Gasteiger partial charge in [0.05, 0.1) is 24.8 Å². The lowest BCUT2D eigenvalue weighted by Gasteiger charge is -2.22. The van der Waals surface area contributed by atoms with Crippen molar-refractivity contribution in [2.24, 2.45) is 0 Å². The average Bonchev–Trinajstić information content (AvgIpc) is 2.31. The topological polar surface area (TPSA) is 67.2 Å². The number of alkyl halides is 3. The maximum Gasteiger partial charge on any atom is 0.390 e. The van der Waals surface area contributed by atoms with Crippen LogP contribution in [0.15, 0.2) is 0 Å². The van der Waals surface area contributed by atoms with Crippen LogP contribution in [0.1, 0.15) is 19.8 Å². The Bertz CT molecular complexity index is 473. The first-order valence-corrected chi connectivity index (χ1v) is 6.95. The van der Waals surface area contributed by atoms with Crippen molar-refractivity contribution in [3.8, 4) is 18.4 Å². The van der Waals surface area contributed by atoms with Gasteiger partial charge < -0.3 is 4.74 Å². The second-order valence-corrected chi connectivity index (χ2v) is 6.57. The Kier molecular flexibility index (Phi) is 6.34. The minimum atomic E-state index is -4.58. The van der Waals surface area contributed by atoms with Crippen LogP contribution in [-0.2, 0) is 14.6 Å². The minimum Gasteiger partial charge on any atom is -0.369 e. The van der Waals surface area contributed by atoms with Crippen molar-refractivity contribution in [3.63, 3.8) is 0 Å². The van der Waals surface area contributed by atoms with Crippen LogP contribution >= 0.6 is 0 Å². The Morgan fingerprint density at radius 2 is 1.89 bits per heavy atom. The van der Waals surface area contributed by atoms with Crippen molar-refractivity contribution in [3.05, 3.63) is 0 Å². The van der Waals surface area contributed by atoms with Gasteiger partial charge in [0, 0.05) is 6.42 Å². The first kappa shape index (κ1) is 17.8. The number of hydrogen-bond donors (Lipinski definition) is 0. The zero-order chi connectivity index (χ0) is 15.2. The van der Waals surface area contributed by atoms with E-state index in [9.17, 15) is 21.6 Å². The number of sulfone groups is 1. The van der Waals surface area contributed by atoms with Gasteiger partial charge in [-0.25, -0.2) is 8.42 Å². The van der Waals surface area contributed by atoms with Crippen molar-refractivity contribution in [2.45, 2.75) is 30.7 Å². The molecule has 0 saturated carbocycles. The predicted octanol–water partition coefficient (Wildman–Crippen LogP) is 1.68. The number of nitriles is 1. The fourth-order valence-electron chi connectivity index (χ4n) is 1.15. The Hall–Kier alpha value is -1.25. The van der Waals surface area contributed by atoms with Gasteiger partial charge in [-0.2, -0.15) is 18.4 Å². The second-order valence-electron chi connectivity index (χ2n) is 4.03. The van der Waals surface area contributed by atoms with Gasteiger partial charge in [0.15, 0.2) is 14.6 Å². The van der Waals surface area contributed by atoms with Crippen molar-refractivity contribution >= 4 is 9.84 Å². The molecule has 0 amide bonds. The van der Waals surface area contributed by atoms with Gasteiger partial charge in [-0.15, -0.1) is 6.42 Å². The Morgan fingerprint density at radius 3 is 2.32 bits per heavy atom. The van der Waals surface area contributed by atoms with Gasteiger partial charge in [0.25, 0.3) is 0 Å². The van der Waals surface area contributed by atoms with Crippen LogP contribution in [0.3, 0.4) is 0 Å². The van der Waals surface area contributed by atoms with Crippen molar-refractivity contribution in [2.75, 3.05) is 19.0 Å². The lowest BCUT2D eigenvalue weighted by molar-refractivity contribution is -0.129. The molecule has 1 atom stereocenters. The molecule has 0 spiro atoms. The normalized spacial score (nSPS) is 15.3. The molecule has 0 saturated heterocycles. The number of halogens is 3. The average molecular weight is 297 g/mol. The van der Waals surface area contributed by atoms with Gasteiger partial charge in [0.1, 0.15) is 6.61 Å². The highest BCUT2D eigenvalue weighted by Gasteiger charge is 2.41. The van der Waals surface area contributed by atoms with E-state index in [0.29, 0.717) is 0 Å². The summed E-state index contributed by atoms with van der Waals surface area (Å²) in [7, 11) is -4.21. The molecule has 0 heterocycles. The monoisotopic (exact) mass is 297 g/mol. The van der Waals surface area contributed by atoms with E-state index < -0.39 is 32.9 Å². The number of ether oxygens (including phenoxy) is 1. The van der Waals surface area contributed by atoms with Gasteiger partial charge in [-0.05, 0) is 6.92 Å². The van der Waals surface area contributed by atoms with Crippen LogP contribution in [0.4, 0.5) is 13.2 Å². The SMILES string of the molecule is C#CCOCCC(C)(C#N)S(=O)(=O)CCC(F)(F)F. The molecule has 0 N–H and O–H groups in total. The van der Waals surface area contributed by atoms with Crippen molar-refractivity contribution in [1.29, 1.82) is 5.26 Å². The molecule has 108 valence electrons. The molecule has 0 aromatic carbocycles. The summed E-state index contributed by atoms with van der Waals surface area (Å²) >= 11 is 0. The maximum absolute atomic E-state index is 12.0. The molecule has 19 heavy (non-hydrogen) atoms. The molecular weight excluding hydrogens is 283 g/mol. The highest BCUT2D eigenvalue weighted by atomic mass is 32.2. The summed E-state index contributed by atoms with van der Waals surface area (Å²) in [4.78, 5) is 0. The number of nitrogens with zero attached hydrogens (tertiary/aromatic N) is 1. The number of terminal acetylenes is 1. The lowest BCUT2D eigenvalue weighted by atomic mass is 10.1. The zero-order valence-corrected chi connectivity index (χ0v) is 11.1. The molecule has 0 radical (unpaired) electrons. The molecule has 0 aromatic rings. The molecule has 0 aliphatic carbocycles. The molecule has 0 aliphatic rings. The van der Waals surface area contributed by atoms with Crippen LogP contribution in [0.2, 0.25) is 0 Å². The molecule has 8 heteroatoms. The summed E-state index contributed by atoms with van der Waals surface area (Å²) in [5.74, 6) is 1.04.